The standard InChI is InChI=1S/C15H14Cl2O/c1-15(2)9-11(5-8-13(15)17)14(18)10-3-6-12(16)7-4-10/h3-8H,9H2,1-2H3. The molecule has 0 bridgehead atoms. The Labute approximate surface area is 117 Å². The first-order chi connectivity index (χ1) is 8.40. The fourth-order valence-corrected chi connectivity index (χ4v) is 2.22. The number of allylic oxidation sites excluding steroid dienone is 4. The summed E-state index contributed by atoms with van der Waals surface area (Å²) in [4.78, 5) is 12.3. The molecule has 0 saturated heterocycles. The van der Waals surface area contributed by atoms with Crippen molar-refractivity contribution in [2.45, 2.75) is 20.3 Å². The van der Waals surface area contributed by atoms with Crippen LogP contribution in [0.2, 0.25) is 5.02 Å². The molecule has 1 aromatic carbocycles. The van der Waals surface area contributed by atoms with Crippen LogP contribution < -0.4 is 0 Å². The van der Waals surface area contributed by atoms with Crippen molar-refractivity contribution in [3.8, 4) is 0 Å². The van der Waals surface area contributed by atoms with Gasteiger partial charge in [0.25, 0.3) is 0 Å². The van der Waals surface area contributed by atoms with Crippen molar-refractivity contribution >= 4 is 29.0 Å². The summed E-state index contributed by atoms with van der Waals surface area (Å²) in [6.07, 6.45) is 4.28. The summed E-state index contributed by atoms with van der Waals surface area (Å²) in [6.45, 7) is 4.07. The zero-order chi connectivity index (χ0) is 13.3. The van der Waals surface area contributed by atoms with E-state index in [9.17, 15) is 4.79 Å². The Morgan fingerprint density at radius 3 is 2.28 bits per heavy atom. The van der Waals surface area contributed by atoms with Gasteiger partial charge in [-0.15, -0.1) is 0 Å². The number of carbonyl (C=O) groups excluding carboxylic acids is 1. The highest BCUT2D eigenvalue weighted by Crippen LogP contribution is 2.39. The average molecular weight is 281 g/mol. The topological polar surface area (TPSA) is 17.1 Å². The number of carbonyl (C=O) groups is 1. The highest BCUT2D eigenvalue weighted by molar-refractivity contribution is 6.31. The predicted molar refractivity (Wildman–Crippen MR) is 76.2 cm³/mol. The van der Waals surface area contributed by atoms with E-state index in [2.05, 4.69) is 0 Å². The molecule has 0 N–H and O–H groups in total. The lowest BCUT2D eigenvalue weighted by Gasteiger charge is -2.28. The molecule has 1 aliphatic carbocycles. The molecular weight excluding hydrogens is 267 g/mol. The van der Waals surface area contributed by atoms with E-state index in [-0.39, 0.29) is 11.2 Å². The average Bonchev–Trinajstić information content (AvgIpc) is 2.33. The number of rotatable bonds is 2. The monoisotopic (exact) mass is 280 g/mol. The number of ketones is 1. The maximum Gasteiger partial charge on any atom is 0.189 e. The van der Waals surface area contributed by atoms with Crippen LogP contribution in [0.1, 0.15) is 30.6 Å². The van der Waals surface area contributed by atoms with Gasteiger partial charge in [-0.25, -0.2) is 0 Å². The second-order valence-electron chi connectivity index (χ2n) is 5.10. The van der Waals surface area contributed by atoms with E-state index in [0.29, 0.717) is 17.0 Å². The number of hydrogen-bond donors (Lipinski definition) is 0. The lowest BCUT2D eigenvalue weighted by Crippen LogP contribution is -2.19. The Hall–Kier alpha value is -1.05. The normalized spacial score (nSPS) is 18.0. The number of benzene rings is 1. The van der Waals surface area contributed by atoms with Gasteiger partial charge in [0.2, 0.25) is 0 Å². The van der Waals surface area contributed by atoms with E-state index in [0.717, 1.165) is 10.6 Å². The fourth-order valence-electron chi connectivity index (χ4n) is 1.96. The Morgan fingerprint density at radius 2 is 1.72 bits per heavy atom. The van der Waals surface area contributed by atoms with Crippen LogP contribution in [0.3, 0.4) is 0 Å². The van der Waals surface area contributed by atoms with Crippen molar-refractivity contribution in [2.75, 3.05) is 0 Å². The van der Waals surface area contributed by atoms with Gasteiger partial charge in [0.15, 0.2) is 5.78 Å². The van der Waals surface area contributed by atoms with Gasteiger partial charge in [0.1, 0.15) is 0 Å². The Kier molecular flexibility index (Phi) is 3.65. The van der Waals surface area contributed by atoms with Gasteiger partial charge in [-0.05, 0) is 36.8 Å². The van der Waals surface area contributed by atoms with Crippen LogP contribution in [-0.2, 0) is 0 Å². The Bertz CT molecular complexity index is 536. The lowest BCUT2D eigenvalue weighted by atomic mass is 9.79. The van der Waals surface area contributed by atoms with Crippen molar-refractivity contribution in [2.24, 2.45) is 5.41 Å². The largest absolute Gasteiger partial charge is 0.289 e. The maximum atomic E-state index is 12.3. The second kappa shape index (κ2) is 4.91. The van der Waals surface area contributed by atoms with Crippen molar-refractivity contribution < 1.29 is 4.79 Å². The van der Waals surface area contributed by atoms with Crippen LogP contribution >= 0.6 is 23.2 Å². The Balaban J connectivity index is 2.28. The molecule has 0 fully saturated rings. The molecule has 0 amide bonds. The molecule has 1 nitrogen and oxygen atoms in total. The van der Waals surface area contributed by atoms with E-state index in [1.807, 2.05) is 26.0 Å². The van der Waals surface area contributed by atoms with Gasteiger partial charge >= 0.3 is 0 Å². The number of hydrogen-bond acceptors (Lipinski definition) is 1. The van der Waals surface area contributed by atoms with Crippen LogP contribution in [0.5, 0.6) is 0 Å². The number of Topliss-reactive ketones (excluding diaryl/α,β-unsaturated/α-hetero) is 1. The van der Waals surface area contributed by atoms with E-state index in [1.54, 1.807) is 24.3 Å². The highest BCUT2D eigenvalue weighted by atomic mass is 35.5. The maximum absolute atomic E-state index is 12.3. The van der Waals surface area contributed by atoms with E-state index >= 15 is 0 Å². The van der Waals surface area contributed by atoms with Crippen LogP contribution in [0.25, 0.3) is 0 Å². The predicted octanol–water partition coefficient (Wildman–Crippen LogP) is 5.00. The van der Waals surface area contributed by atoms with Gasteiger partial charge in [-0.2, -0.15) is 0 Å². The summed E-state index contributed by atoms with van der Waals surface area (Å²) in [5.74, 6) is 0.0418. The lowest BCUT2D eigenvalue weighted by molar-refractivity contribution is 0.102. The van der Waals surface area contributed by atoms with Crippen LogP contribution in [0.15, 0.2) is 47.0 Å². The van der Waals surface area contributed by atoms with Gasteiger partial charge in [-0.1, -0.05) is 43.1 Å². The summed E-state index contributed by atoms with van der Waals surface area (Å²) in [6, 6.07) is 6.95. The minimum absolute atomic E-state index is 0.0418. The molecule has 2 rings (SSSR count). The highest BCUT2D eigenvalue weighted by Gasteiger charge is 2.28. The third-order valence-corrected chi connectivity index (χ3v) is 4.00. The Morgan fingerprint density at radius 1 is 1.11 bits per heavy atom. The first kappa shape index (κ1) is 13.4. The van der Waals surface area contributed by atoms with Crippen molar-refractivity contribution in [3.63, 3.8) is 0 Å². The minimum atomic E-state index is -0.173. The van der Waals surface area contributed by atoms with Gasteiger partial charge in [0.05, 0.1) is 0 Å². The molecule has 1 aliphatic rings. The summed E-state index contributed by atoms with van der Waals surface area (Å²) in [5, 5.41) is 1.42. The summed E-state index contributed by atoms with van der Waals surface area (Å²) in [7, 11) is 0. The van der Waals surface area contributed by atoms with Gasteiger partial charge in [0, 0.05) is 26.6 Å². The van der Waals surface area contributed by atoms with Crippen molar-refractivity contribution in [3.05, 3.63) is 57.6 Å². The minimum Gasteiger partial charge on any atom is -0.289 e. The van der Waals surface area contributed by atoms with Gasteiger partial charge in [-0.3, -0.25) is 4.79 Å². The third-order valence-electron chi connectivity index (χ3n) is 3.11. The summed E-state index contributed by atoms with van der Waals surface area (Å²) in [5.41, 5.74) is 1.27. The zero-order valence-electron chi connectivity index (χ0n) is 10.3. The molecule has 0 aromatic heterocycles. The molecule has 94 valence electrons. The zero-order valence-corrected chi connectivity index (χ0v) is 11.8. The van der Waals surface area contributed by atoms with E-state index < -0.39 is 0 Å². The van der Waals surface area contributed by atoms with Crippen LogP contribution in [0.4, 0.5) is 0 Å². The molecule has 0 unspecified atom stereocenters. The van der Waals surface area contributed by atoms with Gasteiger partial charge < -0.3 is 0 Å². The molecule has 0 aliphatic heterocycles. The summed E-state index contributed by atoms with van der Waals surface area (Å²) >= 11 is 11.9. The first-order valence-corrected chi connectivity index (χ1v) is 6.53. The molecular formula is C15H14Cl2O. The van der Waals surface area contributed by atoms with E-state index in [4.69, 9.17) is 23.2 Å². The van der Waals surface area contributed by atoms with Crippen molar-refractivity contribution in [1.29, 1.82) is 0 Å². The quantitative estimate of drug-likeness (QED) is 0.697. The van der Waals surface area contributed by atoms with E-state index in [1.165, 1.54) is 0 Å². The molecule has 0 spiro atoms. The van der Waals surface area contributed by atoms with Crippen LogP contribution in [0, 0.1) is 5.41 Å². The smallest absolute Gasteiger partial charge is 0.189 e. The first-order valence-electron chi connectivity index (χ1n) is 5.77. The molecule has 3 heteroatoms. The molecule has 1 aromatic rings. The fraction of sp³-hybridized carbons (Fsp3) is 0.267. The summed E-state index contributed by atoms with van der Waals surface area (Å²) < 4.78 is 0. The van der Waals surface area contributed by atoms with Crippen LogP contribution in [-0.4, -0.2) is 5.78 Å². The number of halogens is 2. The SMILES string of the molecule is CC1(C)CC(C(=O)c2ccc(Cl)cc2)=CC=C1Cl. The molecule has 18 heavy (non-hydrogen) atoms. The molecule has 0 heterocycles. The van der Waals surface area contributed by atoms with Crippen molar-refractivity contribution in [1.82, 2.24) is 0 Å². The second-order valence-corrected chi connectivity index (χ2v) is 5.95. The molecule has 0 atom stereocenters. The molecule has 0 radical (unpaired) electrons. The third kappa shape index (κ3) is 2.68. The molecule has 0 saturated carbocycles.